The zero-order chi connectivity index (χ0) is 13.2. The van der Waals surface area contributed by atoms with Crippen molar-refractivity contribution >= 4 is 0 Å². The Bertz CT molecular complexity index is 214. The van der Waals surface area contributed by atoms with Crippen LogP contribution in [0.1, 0.15) is 78.1 Å². The van der Waals surface area contributed by atoms with Gasteiger partial charge in [0, 0.05) is 6.04 Å². The van der Waals surface area contributed by atoms with E-state index in [9.17, 15) is 0 Å². The Balaban J connectivity index is 2.34. The molecule has 0 saturated heterocycles. The lowest BCUT2D eigenvalue weighted by Crippen LogP contribution is -2.32. The van der Waals surface area contributed by atoms with E-state index in [1.807, 2.05) is 0 Å². The average molecular weight is 251 g/mol. The number of rotatable bonds is 8. The van der Waals surface area contributed by atoms with E-state index in [0.717, 1.165) is 12.0 Å². The van der Waals surface area contributed by atoms with E-state index in [-0.39, 0.29) is 0 Å². The molecule has 1 aliphatic carbocycles. The van der Waals surface area contributed by atoms with Gasteiger partial charge in [0.2, 0.25) is 0 Å². The van der Waals surface area contributed by atoms with Gasteiger partial charge >= 0.3 is 0 Å². The third-order valence-corrected chi connectivity index (χ3v) is 4.20. The van der Waals surface area contributed by atoms with Crippen molar-refractivity contribution in [1.29, 1.82) is 0 Å². The second-order valence-electron chi connectivity index (χ2n) is 6.24. The van der Waals surface area contributed by atoms with Crippen LogP contribution in [0.3, 0.4) is 0 Å². The molecule has 1 atom stereocenters. The lowest BCUT2D eigenvalue weighted by Gasteiger charge is -2.24. The third kappa shape index (κ3) is 7.20. The molecule has 0 radical (unpaired) electrons. The van der Waals surface area contributed by atoms with Crippen molar-refractivity contribution < 1.29 is 0 Å². The van der Waals surface area contributed by atoms with Crippen molar-refractivity contribution in [3.8, 4) is 0 Å². The fourth-order valence-corrected chi connectivity index (χ4v) is 3.07. The molecule has 0 spiro atoms. The first kappa shape index (κ1) is 15.8. The molecular weight excluding hydrogens is 218 g/mol. The lowest BCUT2D eigenvalue weighted by atomic mass is 9.90. The van der Waals surface area contributed by atoms with Crippen LogP contribution in [0.5, 0.6) is 0 Å². The fourth-order valence-electron chi connectivity index (χ4n) is 3.07. The number of hydrogen-bond donors (Lipinski definition) is 1. The monoisotopic (exact) mass is 251 g/mol. The summed E-state index contributed by atoms with van der Waals surface area (Å²) in [5.74, 6) is 0.979. The topological polar surface area (TPSA) is 12.0 Å². The fraction of sp³-hybridized carbons (Fsp3) is 0.882. The Hall–Kier alpha value is -0.300. The van der Waals surface area contributed by atoms with Gasteiger partial charge in [0.25, 0.3) is 0 Å². The van der Waals surface area contributed by atoms with Crippen molar-refractivity contribution in [3.05, 3.63) is 12.2 Å². The van der Waals surface area contributed by atoms with Gasteiger partial charge < -0.3 is 5.32 Å². The van der Waals surface area contributed by atoms with Crippen LogP contribution in [0.15, 0.2) is 12.2 Å². The molecule has 1 fully saturated rings. The number of hydrogen-bond acceptors (Lipinski definition) is 1. The molecule has 0 amide bonds. The van der Waals surface area contributed by atoms with Crippen molar-refractivity contribution in [2.75, 3.05) is 6.54 Å². The molecule has 0 aromatic carbocycles. The van der Waals surface area contributed by atoms with Gasteiger partial charge in [0.1, 0.15) is 0 Å². The molecule has 1 heteroatoms. The van der Waals surface area contributed by atoms with Crippen LogP contribution >= 0.6 is 0 Å². The smallest absolute Gasteiger partial charge is 0.00727 e. The molecule has 18 heavy (non-hydrogen) atoms. The highest BCUT2D eigenvalue weighted by atomic mass is 14.9. The molecule has 0 heterocycles. The summed E-state index contributed by atoms with van der Waals surface area (Å²) in [6.07, 6.45) is 13.9. The molecule has 0 aromatic rings. The summed E-state index contributed by atoms with van der Waals surface area (Å²) in [5, 5.41) is 3.75. The van der Waals surface area contributed by atoms with Gasteiger partial charge in [-0.15, -0.1) is 6.58 Å². The maximum Gasteiger partial charge on any atom is 0.00727 e. The Kier molecular flexibility index (Phi) is 8.41. The minimum absolute atomic E-state index is 0.727. The number of allylic oxidation sites excluding steroid dienone is 1. The molecule has 0 bridgehead atoms. The zero-order valence-electron chi connectivity index (χ0n) is 12.6. The van der Waals surface area contributed by atoms with Gasteiger partial charge in [-0.3, -0.25) is 0 Å². The van der Waals surface area contributed by atoms with Crippen LogP contribution in [0.25, 0.3) is 0 Å². The minimum atomic E-state index is 0.727. The van der Waals surface area contributed by atoms with Crippen LogP contribution in [0.4, 0.5) is 0 Å². The van der Waals surface area contributed by atoms with E-state index in [4.69, 9.17) is 0 Å². The van der Waals surface area contributed by atoms with Crippen molar-refractivity contribution in [2.45, 2.75) is 84.1 Å². The Morgan fingerprint density at radius 2 is 1.89 bits per heavy atom. The quantitative estimate of drug-likeness (QED) is 0.469. The van der Waals surface area contributed by atoms with E-state index in [1.54, 1.807) is 0 Å². The van der Waals surface area contributed by atoms with E-state index < -0.39 is 0 Å². The first-order valence-electron chi connectivity index (χ1n) is 8.10. The second kappa shape index (κ2) is 9.61. The Morgan fingerprint density at radius 3 is 2.44 bits per heavy atom. The van der Waals surface area contributed by atoms with Gasteiger partial charge in [-0.05, 0) is 45.1 Å². The summed E-state index contributed by atoms with van der Waals surface area (Å²) in [6, 6.07) is 0.727. The molecule has 1 nitrogen and oxygen atoms in total. The predicted octanol–water partition coefficient (Wildman–Crippen LogP) is 5.07. The summed E-state index contributed by atoms with van der Waals surface area (Å²) < 4.78 is 0. The zero-order valence-corrected chi connectivity index (χ0v) is 12.6. The lowest BCUT2D eigenvalue weighted by molar-refractivity contribution is 0.339. The normalized spacial score (nSPS) is 19.4. The Labute approximate surface area is 114 Å². The molecule has 106 valence electrons. The largest absolute Gasteiger partial charge is 0.314 e. The highest BCUT2D eigenvalue weighted by molar-refractivity contribution is 4.89. The molecule has 0 aromatic heterocycles. The maximum atomic E-state index is 4.04. The van der Waals surface area contributed by atoms with Crippen LogP contribution in [0, 0.1) is 5.92 Å². The minimum Gasteiger partial charge on any atom is -0.314 e. The predicted molar refractivity (Wildman–Crippen MR) is 81.9 cm³/mol. The molecule has 1 rings (SSSR count). The van der Waals surface area contributed by atoms with E-state index in [2.05, 4.69) is 25.7 Å². The molecule has 0 aliphatic heterocycles. The first-order valence-corrected chi connectivity index (χ1v) is 8.10. The SMILES string of the molecule is C=C(C)CCC(CC1CCCCCC1)NCCC. The van der Waals surface area contributed by atoms with E-state index in [0.29, 0.717) is 0 Å². The number of nitrogens with one attached hydrogen (secondary N) is 1. The molecule has 1 aliphatic rings. The van der Waals surface area contributed by atoms with Gasteiger partial charge in [-0.1, -0.05) is 51.0 Å². The molecular formula is C17H33N. The highest BCUT2D eigenvalue weighted by Crippen LogP contribution is 2.27. The second-order valence-corrected chi connectivity index (χ2v) is 6.24. The van der Waals surface area contributed by atoms with Gasteiger partial charge in [-0.2, -0.15) is 0 Å². The summed E-state index contributed by atoms with van der Waals surface area (Å²) in [6.45, 7) is 9.63. The summed E-state index contributed by atoms with van der Waals surface area (Å²) in [7, 11) is 0. The average Bonchev–Trinajstić information content (AvgIpc) is 2.61. The molecule has 1 unspecified atom stereocenters. The Morgan fingerprint density at radius 1 is 1.22 bits per heavy atom. The van der Waals surface area contributed by atoms with Crippen molar-refractivity contribution in [2.24, 2.45) is 5.92 Å². The van der Waals surface area contributed by atoms with Crippen LogP contribution in [-0.2, 0) is 0 Å². The van der Waals surface area contributed by atoms with E-state index in [1.165, 1.54) is 76.3 Å². The first-order chi connectivity index (χ1) is 8.72. The van der Waals surface area contributed by atoms with Crippen LogP contribution < -0.4 is 5.32 Å². The standard InChI is InChI=1S/C17H33N/c1-4-13-18-17(12-11-15(2)3)14-16-9-7-5-6-8-10-16/h16-18H,2,4-14H2,1,3H3. The summed E-state index contributed by atoms with van der Waals surface area (Å²) in [5.41, 5.74) is 1.33. The van der Waals surface area contributed by atoms with Crippen LogP contribution in [0.2, 0.25) is 0 Å². The van der Waals surface area contributed by atoms with Gasteiger partial charge in [-0.25, -0.2) is 0 Å². The van der Waals surface area contributed by atoms with E-state index >= 15 is 0 Å². The molecule has 1 saturated carbocycles. The highest BCUT2D eigenvalue weighted by Gasteiger charge is 2.17. The summed E-state index contributed by atoms with van der Waals surface area (Å²) in [4.78, 5) is 0. The summed E-state index contributed by atoms with van der Waals surface area (Å²) >= 11 is 0. The van der Waals surface area contributed by atoms with Crippen molar-refractivity contribution in [3.63, 3.8) is 0 Å². The van der Waals surface area contributed by atoms with Gasteiger partial charge in [0.15, 0.2) is 0 Å². The molecule has 1 N–H and O–H groups in total. The maximum absolute atomic E-state index is 4.04. The van der Waals surface area contributed by atoms with Crippen molar-refractivity contribution in [1.82, 2.24) is 5.32 Å². The van der Waals surface area contributed by atoms with Gasteiger partial charge in [0.05, 0.1) is 0 Å². The third-order valence-electron chi connectivity index (χ3n) is 4.20. The van der Waals surface area contributed by atoms with Crippen LogP contribution in [-0.4, -0.2) is 12.6 Å².